The van der Waals surface area contributed by atoms with Crippen molar-refractivity contribution in [1.82, 2.24) is 25.1 Å². The number of piperidine rings is 1. The van der Waals surface area contributed by atoms with Gasteiger partial charge in [-0.1, -0.05) is 19.9 Å². The van der Waals surface area contributed by atoms with E-state index in [1.54, 1.807) is 18.5 Å². The van der Waals surface area contributed by atoms with Gasteiger partial charge in [0.2, 0.25) is 0 Å². The highest BCUT2D eigenvalue weighted by Crippen LogP contribution is 2.27. The van der Waals surface area contributed by atoms with Crippen LogP contribution in [0.25, 0.3) is 0 Å². The van der Waals surface area contributed by atoms with Crippen molar-refractivity contribution >= 4 is 11.8 Å². The molecule has 7 heteroatoms. The van der Waals surface area contributed by atoms with E-state index in [0.717, 1.165) is 18.5 Å². The van der Waals surface area contributed by atoms with Gasteiger partial charge in [0.25, 0.3) is 11.8 Å². The topological polar surface area (TPSA) is 78.4 Å². The maximum absolute atomic E-state index is 12.6. The fourth-order valence-electron chi connectivity index (χ4n) is 4.12. The Bertz CT molecular complexity index is 851. The molecule has 1 aliphatic rings. The van der Waals surface area contributed by atoms with Crippen LogP contribution in [0.5, 0.6) is 0 Å². The number of carbonyl (C=O) groups excluding carboxylic acids is 2. The van der Waals surface area contributed by atoms with Crippen LogP contribution in [0.2, 0.25) is 0 Å². The van der Waals surface area contributed by atoms with Crippen LogP contribution in [0.15, 0.2) is 42.7 Å². The minimum absolute atomic E-state index is 0.0172. The predicted molar refractivity (Wildman–Crippen MR) is 121 cm³/mol. The maximum atomic E-state index is 12.6. The highest BCUT2D eigenvalue weighted by atomic mass is 16.2. The first-order valence-electron chi connectivity index (χ1n) is 11.0. The second-order valence-electron chi connectivity index (χ2n) is 8.74. The number of rotatable bonds is 7. The first-order valence-corrected chi connectivity index (χ1v) is 11.0. The summed E-state index contributed by atoms with van der Waals surface area (Å²) >= 11 is 0. The summed E-state index contributed by atoms with van der Waals surface area (Å²) in [4.78, 5) is 37.8. The van der Waals surface area contributed by atoms with Gasteiger partial charge in [-0.05, 0) is 57.1 Å². The van der Waals surface area contributed by atoms with E-state index >= 15 is 0 Å². The highest BCUT2D eigenvalue weighted by Gasteiger charge is 2.26. The Labute approximate surface area is 184 Å². The quantitative estimate of drug-likeness (QED) is 0.741. The molecule has 0 aromatic carbocycles. The van der Waals surface area contributed by atoms with E-state index < -0.39 is 0 Å². The molecule has 166 valence electrons. The van der Waals surface area contributed by atoms with Crippen LogP contribution in [0.1, 0.15) is 59.1 Å². The molecule has 1 fully saturated rings. The predicted octanol–water partition coefficient (Wildman–Crippen LogP) is 2.81. The van der Waals surface area contributed by atoms with Crippen molar-refractivity contribution < 1.29 is 9.59 Å². The van der Waals surface area contributed by atoms with Gasteiger partial charge in [-0.3, -0.25) is 19.6 Å². The Morgan fingerprint density at radius 1 is 1.13 bits per heavy atom. The lowest BCUT2D eigenvalue weighted by atomic mass is 9.92. The van der Waals surface area contributed by atoms with Crippen molar-refractivity contribution in [2.75, 3.05) is 33.7 Å². The molecule has 0 radical (unpaired) electrons. The number of likely N-dealkylation sites (N-methyl/N-ethyl adjacent to an activating group) is 1. The molecule has 1 atom stereocenters. The summed E-state index contributed by atoms with van der Waals surface area (Å²) in [6, 6.07) is 9.48. The van der Waals surface area contributed by atoms with Crippen LogP contribution in [0, 0.1) is 5.92 Å². The maximum Gasteiger partial charge on any atom is 0.272 e. The molecule has 0 unspecified atom stereocenters. The summed E-state index contributed by atoms with van der Waals surface area (Å²) in [6.07, 6.45) is 5.02. The minimum Gasteiger partial charge on any atom is -0.350 e. The van der Waals surface area contributed by atoms with Crippen LogP contribution < -0.4 is 5.32 Å². The number of nitrogens with zero attached hydrogens (tertiary/aromatic N) is 4. The molecule has 2 amide bonds. The second-order valence-corrected chi connectivity index (χ2v) is 8.74. The van der Waals surface area contributed by atoms with Gasteiger partial charge < -0.3 is 15.1 Å². The Morgan fingerprint density at radius 3 is 2.42 bits per heavy atom. The molecule has 1 aliphatic heterocycles. The molecule has 7 nitrogen and oxygen atoms in total. The number of aromatic nitrogens is 2. The van der Waals surface area contributed by atoms with Gasteiger partial charge in [-0.2, -0.15) is 0 Å². The number of likely N-dealkylation sites (tertiary alicyclic amines) is 1. The fourth-order valence-corrected chi connectivity index (χ4v) is 4.12. The first-order chi connectivity index (χ1) is 14.9. The fraction of sp³-hybridized carbons (Fsp3) is 0.500. The van der Waals surface area contributed by atoms with Crippen molar-refractivity contribution in [2.45, 2.75) is 38.6 Å². The van der Waals surface area contributed by atoms with Crippen LogP contribution in [0.3, 0.4) is 0 Å². The molecular weight excluding hydrogens is 390 g/mol. The van der Waals surface area contributed by atoms with Gasteiger partial charge >= 0.3 is 0 Å². The molecule has 2 aromatic heterocycles. The Kier molecular flexibility index (Phi) is 7.74. The number of hydrogen-bond donors (Lipinski definition) is 1. The van der Waals surface area contributed by atoms with Gasteiger partial charge in [-0.25, -0.2) is 0 Å². The minimum atomic E-state index is -0.0951. The van der Waals surface area contributed by atoms with Crippen molar-refractivity contribution in [3.05, 3.63) is 59.7 Å². The summed E-state index contributed by atoms with van der Waals surface area (Å²) in [5.74, 6) is 0.633. The lowest BCUT2D eigenvalue weighted by Gasteiger charge is -2.31. The summed E-state index contributed by atoms with van der Waals surface area (Å²) in [7, 11) is 4.06. The number of pyridine rings is 2. The standard InChI is InChI=1S/C24H33N5O2/c1-17(2)22(28(3)4)16-27-23(30)19-8-9-20(26-15-19)18-10-13-29(14-11-18)24(31)21-7-5-6-12-25-21/h5-9,12,15,17-18,22H,10-11,13-14,16H2,1-4H3,(H,27,30)/t22-/m0/s1. The van der Waals surface area contributed by atoms with E-state index in [0.29, 0.717) is 42.7 Å². The number of hydrogen-bond acceptors (Lipinski definition) is 5. The summed E-state index contributed by atoms with van der Waals surface area (Å²) in [5.41, 5.74) is 2.05. The van der Waals surface area contributed by atoms with Gasteiger partial charge in [0.05, 0.1) is 5.56 Å². The summed E-state index contributed by atoms with van der Waals surface area (Å²) < 4.78 is 0. The van der Waals surface area contributed by atoms with E-state index in [2.05, 4.69) is 34.0 Å². The van der Waals surface area contributed by atoms with Crippen LogP contribution in [-0.4, -0.2) is 71.4 Å². The zero-order valence-corrected chi connectivity index (χ0v) is 18.9. The highest BCUT2D eigenvalue weighted by molar-refractivity contribution is 5.94. The van der Waals surface area contributed by atoms with Gasteiger partial charge in [0, 0.05) is 49.7 Å². The molecule has 2 aromatic rings. The van der Waals surface area contributed by atoms with E-state index in [9.17, 15) is 9.59 Å². The van der Waals surface area contributed by atoms with Crippen molar-refractivity contribution in [3.63, 3.8) is 0 Å². The SMILES string of the molecule is CC(C)[C@H](CNC(=O)c1ccc(C2CCN(C(=O)c3ccccn3)CC2)nc1)N(C)C. The molecule has 3 heterocycles. The molecule has 0 saturated carbocycles. The van der Waals surface area contributed by atoms with E-state index in [1.807, 2.05) is 43.3 Å². The number of carbonyl (C=O) groups is 2. The summed E-state index contributed by atoms with van der Waals surface area (Å²) in [6.45, 7) is 6.29. The van der Waals surface area contributed by atoms with E-state index in [4.69, 9.17) is 0 Å². The molecular formula is C24H33N5O2. The number of amides is 2. The molecule has 0 spiro atoms. The molecule has 0 aliphatic carbocycles. The van der Waals surface area contributed by atoms with Crippen LogP contribution in [0.4, 0.5) is 0 Å². The summed E-state index contributed by atoms with van der Waals surface area (Å²) in [5, 5.41) is 3.02. The van der Waals surface area contributed by atoms with Crippen molar-refractivity contribution in [2.24, 2.45) is 5.92 Å². The van der Waals surface area contributed by atoms with Gasteiger partial charge in [0.1, 0.15) is 5.69 Å². The average molecular weight is 424 g/mol. The Morgan fingerprint density at radius 2 is 1.87 bits per heavy atom. The lowest BCUT2D eigenvalue weighted by Crippen LogP contribution is -2.43. The molecule has 1 N–H and O–H groups in total. The third-order valence-corrected chi connectivity index (χ3v) is 6.04. The Balaban J connectivity index is 1.52. The normalized spacial score (nSPS) is 15.9. The smallest absolute Gasteiger partial charge is 0.272 e. The van der Waals surface area contributed by atoms with Crippen molar-refractivity contribution in [3.8, 4) is 0 Å². The third-order valence-electron chi connectivity index (χ3n) is 6.04. The molecule has 31 heavy (non-hydrogen) atoms. The van der Waals surface area contributed by atoms with E-state index in [-0.39, 0.29) is 17.9 Å². The van der Waals surface area contributed by atoms with Gasteiger partial charge in [-0.15, -0.1) is 0 Å². The van der Waals surface area contributed by atoms with Gasteiger partial charge in [0.15, 0.2) is 0 Å². The molecule has 0 bridgehead atoms. The average Bonchev–Trinajstić information content (AvgIpc) is 2.79. The second kappa shape index (κ2) is 10.5. The van der Waals surface area contributed by atoms with Crippen molar-refractivity contribution in [1.29, 1.82) is 0 Å². The van der Waals surface area contributed by atoms with Crippen LogP contribution in [-0.2, 0) is 0 Å². The zero-order valence-electron chi connectivity index (χ0n) is 18.9. The lowest BCUT2D eigenvalue weighted by molar-refractivity contribution is 0.0705. The third kappa shape index (κ3) is 5.88. The molecule has 1 saturated heterocycles. The van der Waals surface area contributed by atoms with E-state index in [1.165, 1.54) is 0 Å². The molecule has 3 rings (SSSR count). The largest absolute Gasteiger partial charge is 0.350 e. The number of nitrogens with one attached hydrogen (secondary N) is 1. The monoisotopic (exact) mass is 423 g/mol. The Hall–Kier alpha value is -2.80. The first kappa shape index (κ1) is 22.9. The zero-order chi connectivity index (χ0) is 22.4. The van der Waals surface area contributed by atoms with Crippen LogP contribution >= 0.6 is 0 Å².